The summed E-state index contributed by atoms with van der Waals surface area (Å²) in [5, 5.41) is 0.306. The van der Waals surface area contributed by atoms with E-state index < -0.39 is 0 Å². The van der Waals surface area contributed by atoms with Gasteiger partial charge in [-0.25, -0.2) is 0 Å². The van der Waals surface area contributed by atoms with Gasteiger partial charge in [-0.2, -0.15) is 0 Å². The maximum atomic E-state index is 5.88. The van der Waals surface area contributed by atoms with Gasteiger partial charge >= 0.3 is 0 Å². The smallest absolute Gasteiger partial charge is 0.0392 e. The largest absolute Gasteiger partial charge is 0.122 e. The van der Waals surface area contributed by atoms with Crippen LogP contribution >= 0.6 is 11.6 Å². The average Bonchev–Trinajstić information content (AvgIpc) is 1.67. The second kappa shape index (κ2) is 4.20. The monoisotopic (exact) mass is 133 g/mol. The van der Waals surface area contributed by atoms with Gasteiger partial charge in [0.25, 0.3) is 0 Å². The van der Waals surface area contributed by atoms with Gasteiger partial charge in [0.2, 0.25) is 0 Å². The molecule has 0 aliphatic rings. The quantitative estimate of drug-likeness (QED) is 0.520. The third kappa shape index (κ3) is 3.31. The summed E-state index contributed by atoms with van der Waals surface area (Å²) in [6, 6.07) is 0. The molecule has 8 heavy (non-hydrogen) atoms. The lowest BCUT2D eigenvalue weighted by Gasteiger charge is -2.09. The standard InChI is InChI=1S/C7H14Cl/c1-4-5-7(8)6(2)3/h7H,4-5H2,1-3H3. The molecule has 0 heterocycles. The minimum absolute atomic E-state index is 0.306. The van der Waals surface area contributed by atoms with E-state index >= 15 is 0 Å². The number of rotatable bonds is 3. The fourth-order valence-corrected chi connectivity index (χ4v) is 0.760. The molecule has 1 unspecified atom stereocenters. The van der Waals surface area contributed by atoms with Crippen molar-refractivity contribution in [3.8, 4) is 0 Å². The molecule has 0 aliphatic heterocycles. The Morgan fingerprint density at radius 2 is 2.00 bits per heavy atom. The predicted octanol–water partition coefficient (Wildman–Crippen LogP) is 3.01. The molecule has 0 fully saturated rings. The molecule has 1 atom stereocenters. The Balaban J connectivity index is 3.17. The summed E-state index contributed by atoms with van der Waals surface area (Å²) in [5.74, 6) is 1.33. The lowest BCUT2D eigenvalue weighted by atomic mass is 10.1. The van der Waals surface area contributed by atoms with Crippen molar-refractivity contribution in [3.63, 3.8) is 0 Å². The molecule has 0 bridgehead atoms. The predicted molar refractivity (Wildman–Crippen MR) is 39.1 cm³/mol. The molecule has 1 heteroatoms. The third-order valence-corrected chi connectivity index (χ3v) is 1.82. The second-order valence-electron chi connectivity index (χ2n) is 2.33. The van der Waals surface area contributed by atoms with E-state index in [4.69, 9.17) is 11.6 Å². The van der Waals surface area contributed by atoms with Crippen LogP contribution in [0.25, 0.3) is 0 Å². The third-order valence-electron chi connectivity index (χ3n) is 1.17. The zero-order chi connectivity index (χ0) is 6.57. The Bertz CT molecular complexity index is 50.3. The van der Waals surface area contributed by atoms with Crippen molar-refractivity contribution in [1.82, 2.24) is 0 Å². The molecular formula is C7H14Cl. The summed E-state index contributed by atoms with van der Waals surface area (Å²) >= 11 is 5.88. The van der Waals surface area contributed by atoms with Crippen LogP contribution < -0.4 is 0 Å². The van der Waals surface area contributed by atoms with Crippen LogP contribution in [0.3, 0.4) is 0 Å². The first kappa shape index (κ1) is 8.29. The normalized spacial score (nSPS) is 14.6. The molecule has 0 spiro atoms. The molecule has 0 saturated carbocycles. The highest BCUT2D eigenvalue weighted by atomic mass is 35.5. The molecular weight excluding hydrogens is 120 g/mol. The van der Waals surface area contributed by atoms with E-state index in [-0.39, 0.29) is 0 Å². The van der Waals surface area contributed by atoms with Gasteiger partial charge in [0.15, 0.2) is 0 Å². The SMILES string of the molecule is CCCC(Cl)[C](C)C. The van der Waals surface area contributed by atoms with Gasteiger partial charge in [0, 0.05) is 5.38 Å². The molecule has 0 aliphatic carbocycles. The molecule has 0 aromatic rings. The lowest BCUT2D eigenvalue weighted by molar-refractivity contribution is 0.737. The summed E-state index contributed by atoms with van der Waals surface area (Å²) in [6.45, 7) is 6.30. The first-order valence-corrected chi connectivity index (χ1v) is 3.56. The van der Waals surface area contributed by atoms with Gasteiger partial charge in [-0.3, -0.25) is 0 Å². The van der Waals surface area contributed by atoms with Crippen LogP contribution in [0.4, 0.5) is 0 Å². The topological polar surface area (TPSA) is 0 Å². The van der Waals surface area contributed by atoms with Gasteiger partial charge in [0.05, 0.1) is 0 Å². The Morgan fingerprint density at radius 1 is 1.50 bits per heavy atom. The minimum Gasteiger partial charge on any atom is -0.122 e. The zero-order valence-electron chi connectivity index (χ0n) is 5.87. The van der Waals surface area contributed by atoms with Crippen molar-refractivity contribution in [1.29, 1.82) is 0 Å². The van der Waals surface area contributed by atoms with Crippen molar-refractivity contribution in [2.24, 2.45) is 0 Å². The van der Waals surface area contributed by atoms with Gasteiger partial charge < -0.3 is 0 Å². The molecule has 0 saturated heterocycles. The van der Waals surface area contributed by atoms with Crippen LogP contribution in [-0.2, 0) is 0 Å². The first-order chi connectivity index (χ1) is 3.68. The van der Waals surface area contributed by atoms with Gasteiger partial charge in [-0.15, -0.1) is 11.6 Å². The summed E-state index contributed by atoms with van der Waals surface area (Å²) in [7, 11) is 0. The number of hydrogen-bond donors (Lipinski definition) is 0. The summed E-state index contributed by atoms with van der Waals surface area (Å²) in [6.07, 6.45) is 2.29. The summed E-state index contributed by atoms with van der Waals surface area (Å²) < 4.78 is 0. The molecule has 0 N–H and O–H groups in total. The van der Waals surface area contributed by atoms with Gasteiger partial charge in [0.1, 0.15) is 0 Å². The Hall–Kier alpha value is 0.290. The van der Waals surface area contributed by atoms with E-state index in [2.05, 4.69) is 20.8 Å². The zero-order valence-corrected chi connectivity index (χ0v) is 6.63. The van der Waals surface area contributed by atoms with E-state index in [9.17, 15) is 0 Å². The number of hydrogen-bond acceptors (Lipinski definition) is 0. The Labute approximate surface area is 57.2 Å². The van der Waals surface area contributed by atoms with Crippen LogP contribution in [0.15, 0.2) is 0 Å². The van der Waals surface area contributed by atoms with Crippen molar-refractivity contribution < 1.29 is 0 Å². The van der Waals surface area contributed by atoms with E-state index in [0.717, 1.165) is 6.42 Å². The lowest BCUT2D eigenvalue weighted by Crippen LogP contribution is -2.03. The van der Waals surface area contributed by atoms with Crippen LogP contribution in [0.1, 0.15) is 33.6 Å². The van der Waals surface area contributed by atoms with E-state index in [1.807, 2.05) is 0 Å². The van der Waals surface area contributed by atoms with Crippen molar-refractivity contribution in [2.45, 2.75) is 39.0 Å². The highest BCUT2D eigenvalue weighted by Crippen LogP contribution is 2.16. The molecule has 0 rings (SSSR count). The van der Waals surface area contributed by atoms with Crippen LogP contribution in [0.5, 0.6) is 0 Å². The Kier molecular flexibility index (Phi) is 4.35. The number of alkyl halides is 1. The molecule has 1 radical (unpaired) electrons. The van der Waals surface area contributed by atoms with Crippen LogP contribution in [-0.4, -0.2) is 5.38 Å². The summed E-state index contributed by atoms with van der Waals surface area (Å²) in [5.41, 5.74) is 0. The van der Waals surface area contributed by atoms with Crippen molar-refractivity contribution in [3.05, 3.63) is 5.92 Å². The van der Waals surface area contributed by atoms with E-state index in [1.54, 1.807) is 0 Å². The first-order valence-electron chi connectivity index (χ1n) is 3.12. The van der Waals surface area contributed by atoms with Crippen molar-refractivity contribution in [2.75, 3.05) is 0 Å². The molecule has 0 amide bonds. The van der Waals surface area contributed by atoms with Gasteiger partial charge in [-0.1, -0.05) is 27.2 Å². The highest BCUT2D eigenvalue weighted by Gasteiger charge is 2.06. The van der Waals surface area contributed by atoms with Crippen LogP contribution in [0, 0.1) is 5.92 Å². The fraction of sp³-hybridized carbons (Fsp3) is 0.857. The molecule has 0 nitrogen and oxygen atoms in total. The second-order valence-corrected chi connectivity index (χ2v) is 2.86. The average molecular weight is 134 g/mol. The van der Waals surface area contributed by atoms with Gasteiger partial charge in [-0.05, 0) is 12.3 Å². The highest BCUT2D eigenvalue weighted by molar-refractivity contribution is 6.21. The maximum absolute atomic E-state index is 5.88. The molecule has 0 aromatic carbocycles. The molecule has 49 valence electrons. The fourth-order valence-electron chi connectivity index (χ4n) is 0.542. The minimum atomic E-state index is 0.306. The van der Waals surface area contributed by atoms with E-state index in [1.165, 1.54) is 12.3 Å². The Morgan fingerprint density at radius 3 is 2.12 bits per heavy atom. The van der Waals surface area contributed by atoms with Crippen LogP contribution in [0.2, 0.25) is 0 Å². The van der Waals surface area contributed by atoms with Crippen molar-refractivity contribution >= 4 is 11.6 Å². The summed E-state index contributed by atoms with van der Waals surface area (Å²) in [4.78, 5) is 0. The van der Waals surface area contributed by atoms with E-state index in [0.29, 0.717) is 5.38 Å². The number of halogens is 1. The molecule has 0 aromatic heterocycles. The maximum Gasteiger partial charge on any atom is 0.0392 e.